The molecule has 2 amide bonds. The normalized spacial score (nSPS) is 18.7. The lowest BCUT2D eigenvalue weighted by molar-refractivity contribution is -0.125. The third-order valence-electron chi connectivity index (χ3n) is 5.03. The maximum atomic E-state index is 12.4. The average Bonchev–Trinajstić information content (AvgIpc) is 3.40. The molecule has 2 aromatic rings. The fraction of sp³-hybridized carbons (Fsp3) is 0.391. The lowest BCUT2D eigenvalue weighted by Crippen LogP contribution is -2.27. The Labute approximate surface area is 161 Å². The van der Waals surface area contributed by atoms with Gasteiger partial charge in [-0.25, -0.2) is 0 Å². The van der Waals surface area contributed by atoms with Crippen LogP contribution in [0.1, 0.15) is 43.9 Å². The summed E-state index contributed by atoms with van der Waals surface area (Å²) in [5.74, 6) is -0.567. The van der Waals surface area contributed by atoms with Gasteiger partial charge in [0.15, 0.2) is 0 Å². The van der Waals surface area contributed by atoms with Gasteiger partial charge in [-0.3, -0.25) is 9.59 Å². The molecule has 4 heteroatoms. The molecular weight excluding hydrogens is 336 g/mol. The van der Waals surface area contributed by atoms with Crippen molar-refractivity contribution in [3.63, 3.8) is 0 Å². The molecule has 27 heavy (non-hydrogen) atoms. The predicted octanol–water partition coefficient (Wildman–Crippen LogP) is 4.18. The van der Waals surface area contributed by atoms with E-state index >= 15 is 0 Å². The summed E-state index contributed by atoms with van der Waals surface area (Å²) < 4.78 is 0. The van der Waals surface area contributed by atoms with Gasteiger partial charge in [-0.2, -0.15) is 0 Å². The van der Waals surface area contributed by atoms with Crippen molar-refractivity contribution in [1.29, 1.82) is 0 Å². The highest BCUT2D eigenvalue weighted by atomic mass is 16.2. The quantitative estimate of drug-likeness (QED) is 0.836. The minimum atomic E-state index is -0.232. The number of amides is 2. The van der Waals surface area contributed by atoms with Crippen molar-refractivity contribution in [3.05, 3.63) is 65.2 Å². The summed E-state index contributed by atoms with van der Waals surface area (Å²) in [6.45, 7) is 9.00. The highest BCUT2D eigenvalue weighted by molar-refractivity contribution is 5.99. The van der Waals surface area contributed by atoms with Crippen LogP contribution in [0.25, 0.3) is 0 Å². The van der Waals surface area contributed by atoms with Crippen molar-refractivity contribution < 1.29 is 9.59 Å². The Bertz CT molecular complexity index is 834. The first-order valence-electron chi connectivity index (χ1n) is 9.49. The fourth-order valence-corrected chi connectivity index (χ4v) is 3.21. The van der Waals surface area contributed by atoms with Gasteiger partial charge in [0.2, 0.25) is 11.8 Å². The fourth-order valence-electron chi connectivity index (χ4n) is 3.21. The number of hydrogen-bond acceptors (Lipinski definition) is 2. The molecule has 3 rings (SSSR count). The van der Waals surface area contributed by atoms with E-state index in [-0.39, 0.29) is 29.1 Å². The van der Waals surface area contributed by atoms with Crippen molar-refractivity contribution in [2.75, 3.05) is 5.32 Å². The molecule has 1 aliphatic carbocycles. The van der Waals surface area contributed by atoms with Gasteiger partial charge in [0.1, 0.15) is 0 Å². The number of nitrogens with one attached hydrogen (secondary N) is 2. The Morgan fingerprint density at radius 2 is 1.67 bits per heavy atom. The van der Waals surface area contributed by atoms with Crippen molar-refractivity contribution in [1.82, 2.24) is 5.32 Å². The summed E-state index contributed by atoms with van der Waals surface area (Å²) in [7, 11) is 0. The molecule has 0 bridgehead atoms. The van der Waals surface area contributed by atoms with Gasteiger partial charge >= 0.3 is 0 Å². The van der Waals surface area contributed by atoms with E-state index < -0.39 is 0 Å². The third-order valence-corrected chi connectivity index (χ3v) is 5.03. The summed E-state index contributed by atoms with van der Waals surface area (Å²) in [6, 6.07) is 16.0. The summed E-state index contributed by atoms with van der Waals surface area (Å²) in [5.41, 5.74) is 4.32. The van der Waals surface area contributed by atoms with Crippen LogP contribution in [0.2, 0.25) is 0 Å². The van der Waals surface area contributed by atoms with E-state index in [0.717, 1.165) is 11.3 Å². The molecule has 4 nitrogen and oxygen atoms in total. The van der Waals surface area contributed by atoms with Crippen LogP contribution in [0, 0.1) is 18.8 Å². The predicted molar refractivity (Wildman–Crippen MR) is 108 cm³/mol. The second-order valence-corrected chi connectivity index (χ2v) is 8.47. The summed E-state index contributed by atoms with van der Waals surface area (Å²) >= 11 is 0. The molecule has 2 atom stereocenters. The first-order chi connectivity index (χ1) is 12.7. The zero-order chi connectivity index (χ0) is 19.6. The van der Waals surface area contributed by atoms with Crippen LogP contribution < -0.4 is 10.6 Å². The van der Waals surface area contributed by atoms with Crippen LogP contribution in [0.5, 0.6) is 0 Å². The monoisotopic (exact) mass is 364 g/mol. The number of aryl methyl sites for hydroxylation is 1. The number of benzene rings is 2. The van der Waals surface area contributed by atoms with Gasteiger partial charge < -0.3 is 10.6 Å². The lowest BCUT2D eigenvalue weighted by Gasteiger charge is -2.19. The molecule has 0 heterocycles. The lowest BCUT2D eigenvalue weighted by atomic mass is 9.87. The molecule has 142 valence electrons. The van der Waals surface area contributed by atoms with Gasteiger partial charge in [-0.15, -0.1) is 0 Å². The Balaban J connectivity index is 1.49. The van der Waals surface area contributed by atoms with Crippen LogP contribution >= 0.6 is 0 Å². The zero-order valence-electron chi connectivity index (χ0n) is 16.5. The van der Waals surface area contributed by atoms with Crippen LogP contribution in [-0.2, 0) is 21.5 Å². The summed E-state index contributed by atoms with van der Waals surface area (Å²) in [5, 5.41) is 5.87. The second kappa shape index (κ2) is 7.55. The minimum absolute atomic E-state index is 0.0419. The van der Waals surface area contributed by atoms with Crippen LogP contribution in [0.4, 0.5) is 5.69 Å². The summed E-state index contributed by atoms with van der Waals surface area (Å²) in [6.07, 6.45) is 0.617. The van der Waals surface area contributed by atoms with Gasteiger partial charge in [-0.1, -0.05) is 62.7 Å². The smallest absolute Gasteiger partial charge is 0.228 e. The minimum Gasteiger partial charge on any atom is -0.352 e. The van der Waals surface area contributed by atoms with E-state index in [9.17, 15) is 9.59 Å². The Kier molecular flexibility index (Phi) is 5.36. The van der Waals surface area contributed by atoms with E-state index in [1.807, 2.05) is 49.4 Å². The molecule has 0 saturated heterocycles. The molecule has 1 fully saturated rings. The highest BCUT2D eigenvalue weighted by Crippen LogP contribution is 2.39. The maximum Gasteiger partial charge on any atom is 0.228 e. The van der Waals surface area contributed by atoms with Gasteiger partial charge in [0.25, 0.3) is 0 Å². The van der Waals surface area contributed by atoms with E-state index in [1.165, 1.54) is 11.1 Å². The largest absolute Gasteiger partial charge is 0.352 e. The topological polar surface area (TPSA) is 58.2 Å². The molecule has 1 saturated carbocycles. The number of carbonyl (C=O) groups excluding carboxylic acids is 2. The molecule has 2 N–H and O–H groups in total. The van der Waals surface area contributed by atoms with Crippen LogP contribution in [-0.4, -0.2) is 11.8 Å². The van der Waals surface area contributed by atoms with Crippen molar-refractivity contribution in [3.8, 4) is 0 Å². The number of anilines is 1. The maximum absolute atomic E-state index is 12.4. The second-order valence-electron chi connectivity index (χ2n) is 8.47. The molecule has 2 unspecified atom stereocenters. The Hall–Kier alpha value is -2.62. The molecule has 1 aliphatic rings. The molecule has 0 aliphatic heterocycles. The first kappa shape index (κ1) is 19.2. The standard InChI is InChI=1S/C23H28N2O2/c1-15-6-5-7-16(12-15)14-24-21(26)19-13-20(19)22(27)25-18-10-8-17(9-11-18)23(2,3)4/h5-12,19-20H,13-14H2,1-4H3,(H,24,26)(H,25,27). The molecule has 0 aromatic heterocycles. The van der Waals surface area contributed by atoms with Crippen molar-refractivity contribution in [2.24, 2.45) is 11.8 Å². The molecule has 2 aromatic carbocycles. The SMILES string of the molecule is Cc1cccc(CNC(=O)C2CC2C(=O)Nc2ccc(C(C)(C)C)cc2)c1. The van der Waals surface area contributed by atoms with Crippen molar-refractivity contribution in [2.45, 2.75) is 46.1 Å². The molecule has 0 radical (unpaired) electrons. The van der Waals surface area contributed by atoms with Crippen LogP contribution in [0.3, 0.4) is 0 Å². The number of carbonyl (C=O) groups is 2. The number of hydrogen-bond donors (Lipinski definition) is 2. The van der Waals surface area contributed by atoms with E-state index in [2.05, 4.69) is 37.5 Å². The third kappa shape index (κ3) is 4.97. The first-order valence-corrected chi connectivity index (χ1v) is 9.49. The Morgan fingerprint density at radius 3 is 2.30 bits per heavy atom. The van der Waals surface area contributed by atoms with Gasteiger partial charge in [-0.05, 0) is 42.0 Å². The van der Waals surface area contributed by atoms with Crippen molar-refractivity contribution >= 4 is 17.5 Å². The van der Waals surface area contributed by atoms with Gasteiger partial charge in [0.05, 0.1) is 11.8 Å². The van der Waals surface area contributed by atoms with E-state index in [0.29, 0.717) is 13.0 Å². The Morgan fingerprint density at radius 1 is 1.00 bits per heavy atom. The van der Waals surface area contributed by atoms with Crippen LogP contribution in [0.15, 0.2) is 48.5 Å². The average molecular weight is 364 g/mol. The van der Waals surface area contributed by atoms with E-state index in [1.54, 1.807) is 0 Å². The zero-order valence-corrected chi connectivity index (χ0v) is 16.5. The highest BCUT2D eigenvalue weighted by Gasteiger charge is 2.47. The van der Waals surface area contributed by atoms with Gasteiger partial charge in [0, 0.05) is 12.2 Å². The molecular formula is C23H28N2O2. The molecule has 0 spiro atoms. The van der Waals surface area contributed by atoms with E-state index in [4.69, 9.17) is 0 Å². The summed E-state index contributed by atoms with van der Waals surface area (Å²) in [4.78, 5) is 24.7. The number of rotatable bonds is 5.